The van der Waals surface area contributed by atoms with Crippen LogP contribution >= 0.6 is 0 Å². The van der Waals surface area contributed by atoms with Gasteiger partial charge in [0.2, 0.25) is 0 Å². The molecule has 0 spiro atoms. The maximum absolute atomic E-state index is 5.54. The Bertz CT molecular complexity index is 508. The van der Waals surface area contributed by atoms with Gasteiger partial charge in [0, 0.05) is 5.41 Å². The van der Waals surface area contributed by atoms with Gasteiger partial charge in [0.15, 0.2) is 0 Å². The number of epoxide rings is 1. The Morgan fingerprint density at radius 1 is 1.38 bits per heavy atom. The van der Waals surface area contributed by atoms with E-state index < -0.39 is 0 Å². The van der Waals surface area contributed by atoms with Gasteiger partial charge in [-0.25, -0.2) is 0 Å². The highest BCUT2D eigenvalue weighted by molar-refractivity contribution is 5.41. The van der Waals surface area contributed by atoms with Crippen LogP contribution in [-0.4, -0.2) is 25.9 Å². The molecule has 1 aliphatic rings. The van der Waals surface area contributed by atoms with Crippen LogP contribution in [0.5, 0.6) is 0 Å². The lowest BCUT2D eigenvalue weighted by atomic mass is 9.77. The predicted octanol–water partition coefficient (Wildman–Crippen LogP) is 4.05. The van der Waals surface area contributed by atoms with E-state index in [1.807, 2.05) is 12.1 Å². The van der Waals surface area contributed by atoms with Crippen molar-refractivity contribution in [2.75, 3.05) is 19.8 Å². The quantitative estimate of drug-likeness (QED) is 0.408. The molecule has 0 saturated carbocycles. The van der Waals surface area contributed by atoms with E-state index in [1.54, 1.807) is 0 Å². The zero-order valence-corrected chi connectivity index (χ0v) is 12.9. The zero-order valence-electron chi connectivity index (χ0n) is 12.9. The van der Waals surface area contributed by atoms with Crippen LogP contribution in [-0.2, 0) is 14.9 Å². The topological polar surface area (TPSA) is 21.8 Å². The molecule has 2 nitrogen and oxygen atoms in total. The van der Waals surface area contributed by atoms with Crippen LogP contribution in [0.1, 0.15) is 19.4 Å². The Kier molecular flexibility index (Phi) is 5.54. The van der Waals surface area contributed by atoms with Crippen molar-refractivity contribution >= 4 is 0 Å². The molecule has 1 unspecified atom stereocenters. The average Bonchev–Trinajstić information content (AvgIpc) is 3.31. The van der Waals surface area contributed by atoms with E-state index in [0.29, 0.717) is 19.3 Å². The van der Waals surface area contributed by atoms with Crippen LogP contribution in [0.25, 0.3) is 0 Å². The lowest BCUT2D eigenvalue weighted by Gasteiger charge is -2.27. The summed E-state index contributed by atoms with van der Waals surface area (Å²) in [7, 11) is 0. The Hall–Kier alpha value is -1.64. The summed E-state index contributed by atoms with van der Waals surface area (Å²) < 4.78 is 10.7. The van der Waals surface area contributed by atoms with Gasteiger partial charge in [-0.2, -0.15) is 0 Å². The second-order valence-corrected chi connectivity index (χ2v) is 5.74. The maximum atomic E-state index is 5.54. The van der Waals surface area contributed by atoms with E-state index in [2.05, 4.69) is 62.9 Å². The SMILES string of the molecule is C=C/C=C(\C=C/COCC1CO1)C(C)(C)c1ccccc1. The number of rotatable bonds is 8. The molecule has 1 fully saturated rings. The van der Waals surface area contributed by atoms with Gasteiger partial charge in [-0.05, 0) is 11.1 Å². The molecule has 0 aromatic heterocycles. The number of hydrogen-bond acceptors (Lipinski definition) is 2. The second-order valence-electron chi connectivity index (χ2n) is 5.74. The molecular weight excluding hydrogens is 260 g/mol. The van der Waals surface area contributed by atoms with Crippen LogP contribution in [0, 0.1) is 0 Å². The zero-order chi connectivity index (χ0) is 15.1. The molecule has 1 heterocycles. The smallest absolute Gasteiger partial charge is 0.104 e. The van der Waals surface area contributed by atoms with Crippen molar-refractivity contribution in [3.63, 3.8) is 0 Å². The maximum Gasteiger partial charge on any atom is 0.104 e. The van der Waals surface area contributed by atoms with Crippen molar-refractivity contribution in [3.8, 4) is 0 Å². The molecular formula is C19H24O2. The van der Waals surface area contributed by atoms with Crippen molar-refractivity contribution in [1.82, 2.24) is 0 Å². The fourth-order valence-corrected chi connectivity index (χ4v) is 2.23. The van der Waals surface area contributed by atoms with Crippen LogP contribution in [0.15, 0.2) is 66.8 Å². The van der Waals surface area contributed by atoms with E-state index in [4.69, 9.17) is 9.47 Å². The first kappa shape index (κ1) is 15.7. The van der Waals surface area contributed by atoms with E-state index in [1.165, 1.54) is 11.1 Å². The average molecular weight is 284 g/mol. The van der Waals surface area contributed by atoms with Crippen LogP contribution in [0.3, 0.4) is 0 Å². The predicted molar refractivity (Wildman–Crippen MR) is 87.4 cm³/mol. The normalized spacial score (nSPS) is 19.0. The Balaban J connectivity index is 2.01. The van der Waals surface area contributed by atoms with Gasteiger partial charge < -0.3 is 9.47 Å². The molecule has 2 rings (SSSR count). The van der Waals surface area contributed by atoms with Gasteiger partial charge >= 0.3 is 0 Å². The third-order valence-corrected chi connectivity index (χ3v) is 3.73. The Labute approximate surface area is 127 Å². The van der Waals surface area contributed by atoms with Crippen molar-refractivity contribution < 1.29 is 9.47 Å². The monoisotopic (exact) mass is 284 g/mol. The number of ether oxygens (including phenoxy) is 2. The first-order chi connectivity index (χ1) is 10.1. The van der Waals surface area contributed by atoms with Crippen molar-refractivity contribution in [1.29, 1.82) is 0 Å². The summed E-state index contributed by atoms with van der Waals surface area (Å²) >= 11 is 0. The minimum absolute atomic E-state index is 0.0639. The lowest BCUT2D eigenvalue weighted by molar-refractivity contribution is 0.141. The Morgan fingerprint density at radius 3 is 2.71 bits per heavy atom. The molecule has 0 bridgehead atoms. The summed E-state index contributed by atoms with van der Waals surface area (Å²) in [6.45, 7) is 10.4. The van der Waals surface area contributed by atoms with E-state index >= 15 is 0 Å². The molecule has 1 aromatic carbocycles. The van der Waals surface area contributed by atoms with Gasteiger partial charge in [-0.1, -0.05) is 75.1 Å². The largest absolute Gasteiger partial charge is 0.375 e. The molecule has 1 aromatic rings. The van der Waals surface area contributed by atoms with E-state index in [0.717, 1.165) is 6.61 Å². The molecule has 0 amide bonds. The molecule has 1 aliphatic heterocycles. The third kappa shape index (κ3) is 4.69. The van der Waals surface area contributed by atoms with Crippen LogP contribution in [0.2, 0.25) is 0 Å². The van der Waals surface area contributed by atoms with E-state index in [-0.39, 0.29) is 5.41 Å². The van der Waals surface area contributed by atoms with Crippen molar-refractivity contribution in [3.05, 3.63) is 72.4 Å². The van der Waals surface area contributed by atoms with Crippen LogP contribution < -0.4 is 0 Å². The summed E-state index contributed by atoms with van der Waals surface area (Å²) in [6, 6.07) is 10.5. The summed E-state index contributed by atoms with van der Waals surface area (Å²) in [6.07, 6.45) is 8.41. The highest BCUT2D eigenvalue weighted by atomic mass is 16.6. The molecule has 1 saturated heterocycles. The molecule has 0 aliphatic carbocycles. The van der Waals surface area contributed by atoms with Crippen LogP contribution in [0.4, 0.5) is 0 Å². The first-order valence-electron chi connectivity index (χ1n) is 7.39. The van der Waals surface area contributed by atoms with Gasteiger partial charge in [0.05, 0.1) is 19.8 Å². The first-order valence-corrected chi connectivity index (χ1v) is 7.39. The van der Waals surface area contributed by atoms with Gasteiger partial charge in [0.1, 0.15) is 6.10 Å². The van der Waals surface area contributed by atoms with Crippen molar-refractivity contribution in [2.45, 2.75) is 25.4 Å². The fraction of sp³-hybridized carbons (Fsp3) is 0.368. The van der Waals surface area contributed by atoms with Gasteiger partial charge in [0.25, 0.3) is 0 Å². The molecule has 21 heavy (non-hydrogen) atoms. The lowest BCUT2D eigenvalue weighted by Crippen LogP contribution is -2.19. The molecule has 2 heteroatoms. The van der Waals surface area contributed by atoms with Crippen molar-refractivity contribution in [2.24, 2.45) is 0 Å². The summed E-state index contributed by atoms with van der Waals surface area (Å²) in [5, 5.41) is 0. The third-order valence-electron chi connectivity index (χ3n) is 3.73. The second kappa shape index (κ2) is 7.39. The summed E-state index contributed by atoms with van der Waals surface area (Å²) in [5.74, 6) is 0. The molecule has 0 radical (unpaired) electrons. The number of benzene rings is 1. The molecule has 1 atom stereocenters. The molecule has 0 N–H and O–H groups in total. The Morgan fingerprint density at radius 2 is 2.10 bits per heavy atom. The fourth-order valence-electron chi connectivity index (χ4n) is 2.23. The standard InChI is InChI=1S/C19H24O2/c1-4-9-16(12-8-13-20-14-18-15-21-18)19(2,3)17-10-6-5-7-11-17/h4-12,18H,1,13-15H2,2-3H3/b12-8-,16-9+. The highest BCUT2D eigenvalue weighted by Gasteiger charge is 2.23. The summed E-state index contributed by atoms with van der Waals surface area (Å²) in [4.78, 5) is 0. The highest BCUT2D eigenvalue weighted by Crippen LogP contribution is 2.32. The van der Waals surface area contributed by atoms with Gasteiger partial charge in [-0.3, -0.25) is 0 Å². The minimum Gasteiger partial charge on any atom is -0.375 e. The van der Waals surface area contributed by atoms with E-state index in [9.17, 15) is 0 Å². The number of allylic oxidation sites excluding steroid dienone is 4. The minimum atomic E-state index is -0.0639. The summed E-state index contributed by atoms with van der Waals surface area (Å²) in [5.41, 5.74) is 2.44. The number of hydrogen-bond donors (Lipinski definition) is 0. The molecule has 112 valence electrons. The van der Waals surface area contributed by atoms with Gasteiger partial charge in [-0.15, -0.1) is 0 Å².